The van der Waals surface area contributed by atoms with Crippen LogP contribution in [0, 0.1) is 6.92 Å². The van der Waals surface area contributed by atoms with Gasteiger partial charge in [0.25, 0.3) is 0 Å². The summed E-state index contributed by atoms with van der Waals surface area (Å²) >= 11 is 0. The molecule has 0 saturated carbocycles. The lowest BCUT2D eigenvalue weighted by molar-refractivity contribution is -0.119. The molecular formula is C16H20N2O2. The zero-order chi connectivity index (χ0) is 14.4. The first-order chi connectivity index (χ1) is 9.63. The van der Waals surface area contributed by atoms with E-state index in [0.29, 0.717) is 6.54 Å². The molecule has 0 aliphatic heterocycles. The Bertz CT molecular complexity index is 532. The Kier molecular flexibility index (Phi) is 4.96. The van der Waals surface area contributed by atoms with Crippen LogP contribution < -0.4 is 5.73 Å². The van der Waals surface area contributed by atoms with Crippen molar-refractivity contribution in [1.82, 2.24) is 4.90 Å². The smallest absolute Gasteiger partial charge is 0.231 e. The van der Waals surface area contributed by atoms with E-state index in [0.717, 1.165) is 18.7 Å². The van der Waals surface area contributed by atoms with Crippen LogP contribution in [0.25, 0.3) is 0 Å². The van der Waals surface area contributed by atoms with Gasteiger partial charge in [0.15, 0.2) is 0 Å². The summed E-state index contributed by atoms with van der Waals surface area (Å²) in [5.74, 6) is 0.524. The molecule has 1 aromatic heterocycles. The molecular weight excluding hydrogens is 252 g/mol. The van der Waals surface area contributed by atoms with E-state index in [2.05, 4.69) is 31.2 Å². The lowest BCUT2D eigenvalue weighted by Crippen LogP contribution is -2.34. The maximum Gasteiger partial charge on any atom is 0.231 e. The minimum atomic E-state index is -0.319. The predicted octanol–water partition coefficient (Wildman–Crippen LogP) is 2.12. The van der Waals surface area contributed by atoms with Crippen LogP contribution in [0.5, 0.6) is 0 Å². The summed E-state index contributed by atoms with van der Waals surface area (Å²) in [4.78, 5) is 13.1. The number of carbonyl (C=O) groups is 1. The van der Waals surface area contributed by atoms with Gasteiger partial charge in [-0.1, -0.05) is 29.8 Å². The summed E-state index contributed by atoms with van der Waals surface area (Å²) in [6, 6.07) is 12.2. The largest absolute Gasteiger partial charge is 0.468 e. The van der Waals surface area contributed by atoms with E-state index in [4.69, 9.17) is 10.2 Å². The van der Waals surface area contributed by atoms with E-state index in [-0.39, 0.29) is 12.5 Å². The van der Waals surface area contributed by atoms with Crippen molar-refractivity contribution in [2.75, 3.05) is 13.1 Å². The van der Waals surface area contributed by atoms with Gasteiger partial charge in [0.2, 0.25) is 5.91 Å². The summed E-state index contributed by atoms with van der Waals surface area (Å²) in [5.41, 5.74) is 7.80. The fourth-order valence-corrected chi connectivity index (χ4v) is 2.10. The first-order valence-corrected chi connectivity index (χ1v) is 6.72. The lowest BCUT2D eigenvalue weighted by Gasteiger charge is -2.19. The standard InChI is InChI=1S/C16H20N2O2/c1-13-4-6-14(7-5-13)8-9-18(12-16(17)19)11-15-3-2-10-20-15/h2-7,10H,8-9,11-12H2,1H3,(H2,17,19). The number of nitrogens with two attached hydrogens (primary N) is 1. The van der Waals surface area contributed by atoms with E-state index in [9.17, 15) is 4.79 Å². The van der Waals surface area contributed by atoms with E-state index in [1.54, 1.807) is 6.26 Å². The van der Waals surface area contributed by atoms with Crippen LogP contribution in [0.15, 0.2) is 47.1 Å². The van der Waals surface area contributed by atoms with E-state index in [1.807, 2.05) is 17.0 Å². The molecule has 0 unspecified atom stereocenters. The van der Waals surface area contributed by atoms with Crippen LogP contribution in [0.1, 0.15) is 16.9 Å². The molecule has 106 valence electrons. The van der Waals surface area contributed by atoms with Gasteiger partial charge in [-0.2, -0.15) is 0 Å². The molecule has 4 heteroatoms. The van der Waals surface area contributed by atoms with Gasteiger partial charge in [0, 0.05) is 6.54 Å². The highest BCUT2D eigenvalue weighted by molar-refractivity contribution is 5.75. The van der Waals surface area contributed by atoms with Crippen molar-refractivity contribution >= 4 is 5.91 Å². The highest BCUT2D eigenvalue weighted by atomic mass is 16.3. The minimum Gasteiger partial charge on any atom is -0.468 e. The number of aryl methyl sites for hydroxylation is 1. The molecule has 2 N–H and O–H groups in total. The van der Waals surface area contributed by atoms with Gasteiger partial charge >= 0.3 is 0 Å². The Hall–Kier alpha value is -2.07. The number of hydrogen-bond donors (Lipinski definition) is 1. The van der Waals surface area contributed by atoms with Gasteiger partial charge in [-0.3, -0.25) is 9.69 Å². The Labute approximate surface area is 119 Å². The third-order valence-corrected chi connectivity index (χ3v) is 3.18. The molecule has 0 atom stereocenters. The third-order valence-electron chi connectivity index (χ3n) is 3.18. The number of hydrogen-bond acceptors (Lipinski definition) is 3. The zero-order valence-corrected chi connectivity index (χ0v) is 11.7. The minimum absolute atomic E-state index is 0.243. The number of rotatable bonds is 7. The van der Waals surface area contributed by atoms with Crippen LogP contribution in [-0.2, 0) is 17.8 Å². The Morgan fingerprint density at radius 2 is 2.00 bits per heavy atom. The quantitative estimate of drug-likeness (QED) is 0.840. The van der Waals surface area contributed by atoms with Crippen LogP contribution >= 0.6 is 0 Å². The monoisotopic (exact) mass is 272 g/mol. The normalized spacial score (nSPS) is 10.9. The van der Waals surface area contributed by atoms with Crippen molar-refractivity contribution < 1.29 is 9.21 Å². The molecule has 20 heavy (non-hydrogen) atoms. The molecule has 4 nitrogen and oxygen atoms in total. The lowest BCUT2D eigenvalue weighted by atomic mass is 10.1. The van der Waals surface area contributed by atoms with E-state index >= 15 is 0 Å². The molecule has 2 aromatic rings. The maximum atomic E-state index is 11.1. The van der Waals surface area contributed by atoms with E-state index in [1.165, 1.54) is 11.1 Å². The van der Waals surface area contributed by atoms with Crippen molar-refractivity contribution in [3.05, 3.63) is 59.5 Å². The Morgan fingerprint density at radius 3 is 2.60 bits per heavy atom. The molecule has 0 radical (unpaired) electrons. The second-order valence-corrected chi connectivity index (χ2v) is 4.99. The molecule has 0 spiro atoms. The molecule has 0 fully saturated rings. The van der Waals surface area contributed by atoms with Crippen molar-refractivity contribution in [3.8, 4) is 0 Å². The molecule has 1 heterocycles. The summed E-state index contributed by atoms with van der Waals surface area (Å²) in [6.07, 6.45) is 2.52. The Balaban J connectivity index is 1.93. The van der Waals surface area contributed by atoms with Gasteiger partial charge in [-0.05, 0) is 31.0 Å². The second-order valence-electron chi connectivity index (χ2n) is 4.99. The molecule has 2 rings (SSSR count). The number of nitrogens with zero attached hydrogens (tertiary/aromatic N) is 1. The van der Waals surface area contributed by atoms with E-state index < -0.39 is 0 Å². The second kappa shape index (κ2) is 6.91. The van der Waals surface area contributed by atoms with Crippen LogP contribution in [0.3, 0.4) is 0 Å². The van der Waals surface area contributed by atoms with Gasteiger partial charge in [0.05, 0.1) is 19.4 Å². The van der Waals surface area contributed by atoms with Gasteiger partial charge in [-0.25, -0.2) is 0 Å². The Morgan fingerprint density at radius 1 is 1.25 bits per heavy atom. The summed E-state index contributed by atoms with van der Waals surface area (Å²) in [6.45, 7) is 3.68. The van der Waals surface area contributed by atoms with Gasteiger partial charge < -0.3 is 10.2 Å². The number of furan rings is 1. The maximum absolute atomic E-state index is 11.1. The molecule has 0 aliphatic rings. The predicted molar refractivity (Wildman–Crippen MR) is 78.1 cm³/mol. The van der Waals surface area contributed by atoms with Gasteiger partial charge in [0.1, 0.15) is 5.76 Å². The van der Waals surface area contributed by atoms with Gasteiger partial charge in [-0.15, -0.1) is 0 Å². The number of primary amides is 1. The summed E-state index contributed by atoms with van der Waals surface area (Å²) < 4.78 is 5.32. The van der Waals surface area contributed by atoms with Crippen molar-refractivity contribution in [2.45, 2.75) is 19.9 Å². The topological polar surface area (TPSA) is 59.5 Å². The highest BCUT2D eigenvalue weighted by Crippen LogP contribution is 2.08. The number of benzene rings is 1. The SMILES string of the molecule is Cc1ccc(CCN(CC(N)=O)Cc2ccco2)cc1. The van der Waals surface area contributed by atoms with Crippen molar-refractivity contribution in [1.29, 1.82) is 0 Å². The fraction of sp³-hybridized carbons (Fsp3) is 0.312. The molecule has 0 aliphatic carbocycles. The van der Waals surface area contributed by atoms with Crippen LogP contribution in [-0.4, -0.2) is 23.9 Å². The first kappa shape index (κ1) is 14.3. The fourth-order valence-electron chi connectivity index (χ4n) is 2.10. The summed E-state index contributed by atoms with van der Waals surface area (Å²) in [7, 11) is 0. The zero-order valence-electron chi connectivity index (χ0n) is 11.7. The van der Waals surface area contributed by atoms with Crippen molar-refractivity contribution in [2.24, 2.45) is 5.73 Å². The van der Waals surface area contributed by atoms with Crippen LogP contribution in [0.2, 0.25) is 0 Å². The third kappa shape index (κ3) is 4.55. The average Bonchev–Trinajstić information content (AvgIpc) is 2.90. The molecule has 1 aromatic carbocycles. The highest BCUT2D eigenvalue weighted by Gasteiger charge is 2.10. The molecule has 0 saturated heterocycles. The average molecular weight is 272 g/mol. The summed E-state index contributed by atoms with van der Waals surface area (Å²) in [5, 5.41) is 0. The van der Waals surface area contributed by atoms with Crippen molar-refractivity contribution in [3.63, 3.8) is 0 Å². The van der Waals surface area contributed by atoms with Crippen LogP contribution in [0.4, 0.5) is 0 Å². The number of carbonyl (C=O) groups excluding carboxylic acids is 1. The first-order valence-electron chi connectivity index (χ1n) is 6.72. The molecule has 1 amide bonds. The number of amides is 1. The molecule has 0 bridgehead atoms.